The third-order valence-corrected chi connectivity index (χ3v) is 6.91. The molecule has 0 aliphatic carbocycles. The highest BCUT2D eigenvalue weighted by Gasteiger charge is 2.44. The minimum absolute atomic E-state index is 0.162. The predicted molar refractivity (Wildman–Crippen MR) is 103 cm³/mol. The predicted octanol–water partition coefficient (Wildman–Crippen LogP) is 3.76. The molecule has 2 atom stereocenters. The first kappa shape index (κ1) is 21.4. The van der Waals surface area contributed by atoms with Gasteiger partial charge in [-0.1, -0.05) is 0 Å². The lowest BCUT2D eigenvalue weighted by Gasteiger charge is -2.25. The number of benzene rings is 1. The van der Waals surface area contributed by atoms with Gasteiger partial charge >= 0.3 is 0 Å². The van der Waals surface area contributed by atoms with Crippen LogP contribution in [0.4, 0.5) is 13.2 Å². The van der Waals surface area contributed by atoms with E-state index >= 15 is 0 Å². The third kappa shape index (κ3) is 4.35. The van der Waals surface area contributed by atoms with Gasteiger partial charge in [0, 0.05) is 18.5 Å². The molecule has 0 radical (unpaired) electrons. The molecule has 0 unspecified atom stereocenters. The largest absolute Gasteiger partial charge is 0.494 e. The Hall–Kier alpha value is -2.27. The molecule has 1 aromatic carbocycles. The summed E-state index contributed by atoms with van der Waals surface area (Å²) >= 11 is 3.11. The Bertz CT molecular complexity index is 1050. The van der Waals surface area contributed by atoms with Crippen LogP contribution in [0.3, 0.4) is 0 Å². The summed E-state index contributed by atoms with van der Waals surface area (Å²) < 4.78 is 68.4. The first-order valence-corrected chi connectivity index (χ1v) is 10.7. The van der Waals surface area contributed by atoms with Gasteiger partial charge < -0.3 is 10.4 Å². The van der Waals surface area contributed by atoms with Crippen LogP contribution < -0.4 is 5.32 Å². The van der Waals surface area contributed by atoms with E-state index in [1.807, 2.05) is 0 Å². The molecule has 1 saturated heterocycles. The number of allylic oxidation sites excluding steroid dienone is 1. The summed E-state index contributed by atoms with van der Waals surface area (Å²) in [5.41, 5.74) is -0.0299. The van der Waals surface area contributed by atoms with Gasteiger partial charge in [-0.05, 0) is 53.2 Å². The van der Waals surface area contributed by atoms with Crippen molar-refractivity contribution in [2.75, 3.05) is 0 Å². The molecular formula is C18H17BrF3N3O3S. The quantitative estimate of drug-likeness (QED) is 0.491. The van der Waals surface area contributed by atoms with E-state index in [0.717, 1.165) is 34.8 Å². The molecule has 2 aromatic rings. The van der Waals surface area contributed by atoms with E-state index in [2.05, 4.69) is 26.2 Å². The number of nitrogens with zero attached hydrogens (tertiary/aromatic N) is 2. The SMILES string of the molecule is C[C@H]1[C@H](F)C/C(=C(/O)NCc2cc(Br)ncc2F)N1S(=O)(=O)c1ccc(F)cc1. The van der Waals surface area contributed by atoms with Crippen molar-refractivity contribution < 1.29 is 26.7 Å². The minimum Gasteiger partial charge on any atom is -0.494 e. The second-order valence-corrected chi connectivity index (χ2v) is 9.09. The number of pyridine rings is 1. The molecule has 1 aromatic heterocycles. The van der Waals surface area contributed by atoms with Crippen LogP contribution in [-0.2, 0) is 16.6 Å². The highest BCUT2D eigenvalue weighted by molar-refractivity contribution is 9.10. The first-order valence-electron chi connectivity index (χ1n) is 8.51. The van der Waals surface area contributed by atoms with Crippen molar-refractivity contribution in [3.8, 4) is 0 Å². The van der Waals surface area contributed by atoms with E-state index in [0.29, 0.717) is 4.60 Å². The van der Waals surface area contributed by atoms with Crippen LogP contribution in [-0.4, -0.2) is 35.0 Å². The van der Waals surface area contributed by atoms with Gasteiger partial charge in [0.15, 0.2) is 0 Å². The number of rotatable bonds is 5. The lowest BCUT2D eigenvalue weighted by molar-refractivity contribution is 0.274. The second-order valence-electron chi connectivity index (χ2n) is 6.46. The van der Waals surface area contributed by atoms with E-state index in [-0.39, 0.29) is 29.1 Å². The summed E-state index contributed by atoms with van der Waals surface area (Å²) in [5, 5.41) is 12.9. The van der Waals surface area contributed by atoms with E-state index in [1.165, 1.54) is 13.0 Å². The molecule has 0 saturated carbocycles. The van der Waals surface area contributed by atoms with Crippen molar-refractivity contribution in [2.24, 2.45) is 0 Å². The summed E-state index contributed by atoms with van der Waals surface area (Å²) in [4.78, 5) is 3.48. The second kappa shape index (κ2) is 8.23. The van der Waals surface area contributed by atoms with Crippen LogP contribution in [0.15, 0.2) is 57.6 Å². The van der Waals surface area contributed by atoms with Crippen LogP contribution >= 0.6 is 15.9 Å². The maximum Gasteiger partial charge on any atom is 0.264 e. The summed E-state index contributed by atoms with van der Waals surface area (Å²) in [6.45, 7) is 1.18. The van der Waals surface area contributed by atoms with Gasteiger partial charge in [-0.3, -0.25) is 4.31 Å². The van der Waals surface area contributed by atoms with Crippen molar-refractivity contribution >= 4 is 26.0 Å². The Morgan fingerprint density at radius 2 is 2.00 bits per heavy atom. The molecule has 2 N–H and O–H groups in total. The van der Waals surface area contributed by atoms with Gasteiger partial charge in [0.25, 0.3) is 10.0 Å². The number of aliphatic hydroxyl groups excluding tert-OH is 1. The molecule has 6 nitrogen and oxygen atoms in total. The number of alkyl halides is 1. The standard InChI is InChI=1S/C18H17BrF3N3O3S/c1-10-14(21)7-16(18(26)24-8-11-6-17(19)23-9-15(11)22)25(10)29(27,28)13-4-2-12(20)3-5-13/h2-6,9-10,14,24,26H,7-8H2,1H3/b18-16-/t10-,14+/m0/s1. The Balaban J connectivity index is 1.93. The van der Waals surface area contributed by atoms with Crippen molar-refractivity contribution in [1.29, 1.82) is 0 Å². The fourth-order valence-electron chi connectivity index (χ4n) is 2.99. The summed E-state index contributed by atoms with van der Waals surface area (Å²) in [7, 11) is -4.25. The number of nitrogens with one attached hydrogen (secondary N) is 1. The zero-order valence-electron chi connectivity index (χ0n) is 15.1. The van der Waals surface area contributed by atoms with Crippen molar-refractivity contribution in [1.82, 2.24) is 14.6 Å². The molecule has 1 aliphatic heterocycles. The van der Waals surface area contributed by atoms with E-state index in [9.17, 15) is 26.7 Å². The molecule has 11 heteroatoms. The summed E-state index contributed by atoms with van der Waals surface area (Å²) in [5.74, 6) is -1.83. The Morgan fingerprint density at radius 1 is 1.34 bits per heavy atom. The maximum atomic E-state index is 14.4. The average Bonchev–Trinajstić information content (AvgIpc) is 2.98. The molecular weight excluding hydrogens is 475 g/mol. The van der Waals surface area contributed by atoms with Gasteiger partial charge in [-0.25, -0.2) is 26.6 Å². The number of halogens is 4. The van der Waals surface area contributed by atoms with Crippen molar-refractivity contribution in [3.63, 3.8) is 0 Å². The van der Waals surface area contributed by atoms with E-state index in [1.54, 1.807) is 0 Å². The topological polar surface area (TPSA) is 82.5 Å². The van der Waals surface area contributed by atoms with Crippen LogP contribution in [0.5, 0.6) is 0 Å². The lowest BCUT2D eigenvalue weighted by atomic mass is 10.2. The van der Waals surface area contributed by atoms with Gasteiger partial charge in [-0.2, -0.15) is 0 Å². The summed E-state index contributed by atoms with van der Waals surface area (Å²) in [6, 6.07) is 4.39. The first-order chi connectivity index (χ1) is 13.6. The number of hydrogen-bond donors (Lipinski definition) is 2. The Kier molecular flexibility index (Phi) is 6.08. The van der Waals surface area contributed by atoms with Gasteiger partial charge in [0.05, 0.1) is 22.8 Å². The zero-order chi connectivity index (χ0) is 21.3. The van der Waals surface area contributed by atoms with Crippen molar-refractivity contribution in [3.05, 3.63) is 69.9 Å². The average molecular weight is 492 g/mol. The van der Waals surface area contributed by atoms with Crippen LogP contribution in [0, 0.1) is 11.6 Å². The number of aromatic nitrogens is 1. The van der Waals surface area contributed by atoms with E-state index < -0.39 is 39.8 Å². The van der Waals surface area contributed by atoms with Crippen LogP contribution in [0.25, 0.3) is 0 Å². The van der Waals surface area contributed by atoms with Crippen LogP contribution in [0.1, 0.15) is 18.9 Å². The van der Waals surface area contributed by atoms with Crippen molar-refractivity contribution in [2.45, 2.75) is 37.0 Å². The molecule has 156 valence electrons. The molecule has 29 heavy (non-hydrogen) atoms. The Labute approximate surface area is 174 Å². The van der Waals surface area contributed by atoms with Crippen LogP contribution in [0.2, 0.25) is 0 Å². The number of sulfonamides is 1. The molecule has 0 amide bonds. The number of hydrogen-bond acceptors (Lipinski definition) is 5. The third-order valence-electron chi connectivity index (χ3n) is 4.54. The number of aliphatic hydroxyl groups is 1. The van der Waals surface area contributed by atoms with E-state index in [4.69, 9.17) is 0 Å². The molecule has 1 aliphatic rings. The monoisotopic (exact) mass is 491 g/mol. The molecule has 1 fully saturated rings. The smallest absolute Gasteiger partial charge is 0.264 e. The fourth-order valence-corrected chi connectivity index (χ4v) is 5.10. The normalized spacial score (nSPS) is 21.3. The molecule has 2 heterocycles. The summed E-state index contributed by atoms with van der Waals surface area (Å²) in [6.07, 6.45) is -0.926. The molecule has 0 bridgehead atoms. The molecule has 3 rings (SSSR count). The van der Waals surface area contributed by atoms with Gasteiger partial charge in [0.1, 0.15) is 22.4 Å². The maximum absolute atomic E-state index is 14.4. The highest BCUT2D eigenvalue weighted by atomic mass is 79.9. The lowest BCUT2D eigenvalue weighted by Crippen LogP contribution is -2.36. The molecule has 0 spiro atoms. The zero-order valence-corrected chi connectivity index (χ0v) is 17.5. The van der Waals surface area contributed by atoms with Gasteiger partial charge in [0.2, 0.25) is 5.88 Å². The highest BCUT2D eigenvalue weighted by Crippen LogP contribution is 2.36. The Morgan fingerprint density at radius 3 is 2.66 bits per heavy atom. The van der Waals surface area contributed by atoms with Gasteiger partial charge in [-0.15, -0.1) is 0 Å². The fraction of sp³-hybridized carbons (Fsp3) is 0.278. The minimum atomic E-state index is -4.25.